The van der Waals surface area contributed by atoms with Crippen molar-refractivity contribution >= 4 is 13.7 Å². The van der Waals surface area contributed by atoms with Crippen molar-refractivity contribution in [3.05, 3.63) is 36.5 Å². The number of hydrogen-bond acceptors (Lipinski definition) is 5. The summed E-state index contributed by atoms with van der Waals surface area (Å²) in [6.07, 6.45) is 30.7. The van der Waals surface area contributed by atoms with Crippen LogP contribution in [0.2, 0.25) is 0 Å². The molecule has 0 aliphatic rings. The van der Waals surface area contributed by atoms with E-state index in [9.17, 15) is 19.4 Å². The van der Waals surface area contributed by atoms with Gasteiger partial charge in [0.2, 0.25) is 5.91 Å². The Kier molecular flexibility index (Phi) is 27.2. The van der Waals surface area contributed by atoms with Crippen LogP contribution in [0.15, 0.2) is 36.5 Å². The van der Waals surface area contributed by atoms with E-state index in [0.29, 0.717) is 17.4 Å². The summed E-state index contributed by atoms with van der Waals surface area (Å²) in [5, 5.41) is 13.6. The van der Waals surface area contributed by atoms with Gasteiger partial charge in [0.05, 0.1) is 39.9 Å². The van der Waals surface area contributed by atoms with Crippen molar-refractivity contribution < 1.29 is 32.9 Å². The summed E-state index contributed by atoms with van der Waals surface area (Å²) in [5.41, 5.74) is 0. The Morgan fingerprint density at radius 2 is 1.25 bits per heavy atom. The minimum Gasteiger partial charge on any atom is -0.387 e. The molecule has 0 aromatic carbocycles. The molecule has 3 unspecified atom stereocenters. The highest BCUT2D eigenvalue weighted by Gasteiger charge is 2.27. The lowest BCUT2D eigenvalue weighted by Gasteiger charge is -2.25. The summed E-state index contributed by atoms with van der Waals surface area (Å²) in [6.45, 7) is 4.69. The molecule has 0 fully saturated rings. The second-order valence-electron chi connectivity index (χ2n) is 12.9. The van der Waals surface area contributed by atoms with Crippen LogP contribution in [0, 0.1) is 0 Å². The Balaban J connectivity index is 4.70. The van der Waals surface area contributed by atoms with E-state index in [1.807, 2.05) is 27.2 Å². The van der Waals surface area contributed by atoms with Crippen LogP contribution < -0.4 is 5.32 Å². The number of rotatable bonds is 30. The van der Waals surface area contributed by atoms with Crippen LogP contribution in [0.5, 0.6) is 0 Å². The molecular formula is C35H68N2O6P+. The van der Waals surface area contributed by atoms with Gasteiger partial charge in [-0.15, -0.1) is 0 Å². The molecule has 0 saturated heterocycles. The molecule has 0 saturated carbocycles. The highest BCUT2D eigenvalue weighted by molar-refractivity contribution is 7.47. The van der Waals surface area contributed by atoms with Gasteiger partial charge in [-0.3, -0.25) is 13.8 Å². The Morgan fingerprint density at radius 3 is 1.82 bits per heavy atom. The second-order valence-corrected chi connectivity index (χ2v) is 14.3. The van der Waals surface area contributed by atoms with Crippen LogP contribution >= 0.6 is 7.82 Å². The molecule has 0 aromatic rings. The van der Waals surface area contributed by atoms with Gasteiger partial charge in [-0.25, -0.2) is 4.57 Å². The fourth-order valence-electron chi connectivity index (χ4n) is 4.48. The van der Waals surface area contributed by atoms with E-state index in [1.165, 1.54) is 57.8 Å². The molecule has 0 bridgehead atoms. The third-order valence-corrected chi connectivity index (χ3v) is 8.32. The van der Waals surface area contributed by atoms with Gasteiger partial charge in [0.25, 0.3) is 0 Å². The quantitative estimate of drug-likeness (QED) is 0.0314. The molecule has 0 aromatic heterocycles. The van der Waals surface area contributed by atoms with Crippen molar-refractivity contribution in [3.63, 3.8) is 0 Å². The average Bonchev–Trinajstić information content (AvgIpc) is 2.95. The third-order valence-electron chi connectivity index (χ3n) is 7.34. The zero-order chi connectivity index (χ0) is 32.9. The Hall–Kier alpha value is -1.28. The van der Waals surface area contributed by atoms with Gasteiger partial charge < -0.3 is 19.8 Å². The van der Waals surface area contributed by atoms with Crippen LogP contribution in [-0.4, -0.2) is 73.4 Å². The number of carbonyl (C=O) groups is 1. The summed E-state index contributed by atoms with van der Waals surface area (Å²) in [5.74, 6) is -0.199. The summed E-state index contributed by atoms with van der Waals surface area (Å²) in [6, 6.07) is -0.862. The molecule has 1 amide bonds. The number of phosphoric acid groups is 1. The van der Waals surface area contributed by atoms with E-state index in [1.54, 1.807) is 6.08 Å². The van der Waals surface area contributed by atoms with Gasteiger partial charge in [0.1, 0.15) is 13.2 Å². The molecule has 0 radical (unpaired) electrons. The van der Waals surface area contributed by atoms with Gasteiger partial charge in [-0.2, -0.15) is 0 Å². The predicted molar refractivity (Wildman–Crippen MR) is 184 cm³/mol. The van der Waals surface area contributed by atoms with Crippen molar-refractivity contribution in [2.24, 2.45) is 0 Å². The molecule has 3 atom stereocenters. The molecular weight excluding hydrogens is 575 g/mol. The molecule has 0 aliphatic heterocycles. The van der Waals surface area contributed by atoms with Gasteiger partial charge >= 0.3 is 7.82 Å². The van der Waals surface area contributed by atoms with Crippen molar-refractivity contribution in [3.8, 4) is 0 Å². The number of unbranched alkanes of at least 4 members (excludes halogenated alkanes) is 13. The minimum absolute atomic E-state index is 0.0537. The number of likely N-dealkylation sites (N-methyl/N-ethyl adjacent to an activating group) is 1. The Labute approximate surface area is 270 Å². The van der Waals surface area contributed by atoms with E-state index < -0.39 is 20.0 Å². The number of aliphatic hydroxyl groups excluding tert-OH is 1. The van der Waals surface area contributed by atoms with Gasteiger partial charge in [0, 0.05) is 6.42 Å². The van der Waals surface area contributed by atoms with E-state index in [2.05, 4.69) is 43.5 Å². The average molecular weight is 644 g/mol. The highest BCUT2D eigenvalue weighted by atomic mass is 31.2. The van der Waals surface area contributed by atoms with Crippen LogP contribution in [0.3, 0.4) is 0 Å². The Bertz CT molecular complexity index is 825. The first-order valence-corrected chi connectivity index (χ1v) is 18.9. The molecule has 0 heterocycles. The number of nitrogens with zero attached hydrogens (tertiary/aromatic N) is 1. The summed E-state index contributed by atoms with van der Waals surface area (Å²) >= 11 is 0. The van der Waals surface area contributed by atoms with Crippen molar-refractivity contribution in [2.45, 2.75) is 142 Å². The highest BCUT2D eigenvalue weighted by Crippen LogP contribution is 2.43. The van der Waals surface area contributed by atoms with Crippen molar-refractivity contribution in [1.29, 1.82) is 0 Å². The monoisotopic (exact) mass is 643 g/mol. The smallest absolute Gasteiger partial charge is 0.387 e. The van der Waals surface area contributed by atoms with E-state index in [0.717, 1.165) is 51.4 Å². The topological polar surface area (TPSA) is 105 Å². The summed E-state index contributed by atoms with van der Waals surface area (Å²) in [4.78, 5) is 22.8. The summed E-state index contributed by atoms with van der Waals surface area (Å²) in [7, 11) is 1.54. The molecule has 0 rings (SSSR count). The number of allylic oxidation sites excluding steroid dienone is 5. The number of aliphatic hydroxyl groups is 1. The lowest BCUT2D eigenvalue weighted by molar-refractivity contribution is -0.870. The number of nitrogens with one attached hydrogen (secondary N) is 1. The van der Waals surface area contributed by atoms with E-state index in [-0.39, 0.29) is 19.1 Å². The number of carbonyl (C=O) groups excluding carboxylic acids is 1. The lowest BCUT2D eigenvalue weighted by atomic mass is 10.1. The van der Waals surface area contributed by atoms with Gasteiger partial charge in [-0.05, 0) is 44.9 Å². The number of hydrogen-bond donors (Lipinski definition) is 3. The van der Waals surface area contributed by atoms with Crippen molar-refractivity contribution in [2.75, 3.05) is 40.9 Å². The van der Waals surface area contributed by atoms with Crippen LogP contribution in [0.4, 0.5) is 0 Å². The van der Waals surface area contributed by atoms with Crippen LogP contribution in [-0.2, 0) is 18.4 Å². The number of quaternary nitrogens is 1. The molecule has 258 valence electrons. The zero-order valence-corrected chi connectivity index (χ0v) is 29.8. The van der Waals surface area contributed by atoms with E-state index in [4.69, 9.17) is 9.05 Å². The molecule has 0 spiro atoms. The predicted octanol–water partition coefficient (Wildman–Crippen LogP) is 8.40. The molecule has 44 heavy (non-hydrogen) atoms. The largest absolute Gasteiger partial charge is 0.472 e. The summed E-state index contributed by atoms with van der Waals surface area (Å²) < 4.78 is 23.3. The van der Waals surface area contributed by atoms with Crippen LogP contribution in [0.25, 0.3) is 0 Å². The van der Waals surface area contributed by atoms with Crippen molar-refractivity contribution in [1.82, 2.24) is 5.32 Å². The van der Waals surface area contributed by atoms with Crippen LogP contribution in [0.1, 0.15) is 129 Å². The lowest BCUT2D eigenvalue weighted by Crippen LogP contribution is -2.45. The first-order valence-electron chi connectivity index (χ1n) is 17.4. The molecule has 9 heteroatoms. The fourth-order valence-corrected chi connectivity index (χ4v) is 5.22. The zero-order valence-electron chi connectivity index (χ0n) is 28.9. The molecule has 3 N–H and O–H groups in total. The normalized spacial score (nSPS) is 15.3. The maximum atomic E-state index is 12.7. The Morgan fingerprint density at radius 1 is 0.750 bits per heavy atom. The fraction of sp³-hybridized carbons (Fsp3) is 0.800. The third kappa shape index (κ3) is 29.4. The van der Waals surface area contributed by atoms with E-state index >= 15 is 0 Å². The standard InChI is InChI=1S/C35H67N2O6P/c1-6-8-10-12-14-16-17-18-19-21-22-24-26-28-34(38)33(32-43-44(40,41)42-31-30-37(3,4)5)36-35(39)29-27-25-23-20-15-13-11-9-7-2/h14,16,19,21,26,28,33-34,38H,6-13,15,17-18,20,22-25,27,29-32H2,1-5H3,(H-,36,39,40,41)/p+1/b16-14+,21-19+,28-26+. The first kappa shape index (κ1) is 42.7. The molecule has 0 aliphatic carbocycles. The molecule has 8 nitrogen and oxygen atoms in total. The second kappa shape index (κ2) is 28.0. The maximum absolute atomic E-state index is 12.7. The minimum atomic E-state index is -4.33. The maximum Gasteiger partial charge on any atom is 0.472 e. The van der Waals surface area contributed by atoms with Gasteiger partial charge in [-0.1, -0.05) is 115 Å². The number of phosphoric ester groups is 1. The van der Waals surface area contributed by atoms with Gasteiger partial charge in [0.15, 0.2) is 0 Å². The number of amides is 1. The first-order chi connectivity index (χ1) is 21.0. The SMILES string of the molecule is CCCCC/C=C/CC/C=C/CC/C=C/C(O)C(COP(=O)(O)OCC[N+](C)(C)C)NC(=O)CCCCCCCCCCC.